The van der Waals surface area contributed by atoms with E-state index in [-0.39, 0.29) is 11.6 Å². The number of unbranched alkanes of at least 4 members (excludes halogenated alkanes) is 14. The molecule has 0 bridgehead atoms. The van der Waals surface area contributed by atoms with Crippen molar-refractivity contribution in [1.29, 1.82) is 0 Å². The summed E-state index contributed by atoms with van der Waals surface area (Å²) < 4.78 is 5.95. The second kappa shape index (κ2) is 19.8. The number of carbonyl (C=O) groups is 1. The molecule has 168 valence electrons. The molecule has 0 aromatic heterocycles. The predicted molar refractivity (Wildman–Crippen MR) is 124 cm³/mol. The van der Waals surface area contributed by atoms with Crippen molar-refractivity contribution in [2.45, 2.75) is 162 Å². The van der Waals surface area contributed by atoms with Crippen LogP contribution in [0.15, 0.2) is 0 Å². The number of hydrogen-bond acceptors (Lipinski definition) is 2. The summed E-state index contributed by atoms with van der Waals surface area (Å²) in [6, 6.07) is 0. The molecule has 0 aliphatic rings. The van der Waals surface area contributed by atoms with Crippen molar-refractivity contribution in [3.8, 4) is 0 Å². The van der Waals surface area contributed by atoms with Gasteiger partial charge in [0, 0.05) is 6.42 Å². The average Bonchev–Trinajstić information content (AvgIpc) is 2.70. The summed E-state index contributed by atoms with van der Waals surface area (Å²) in [6.45, 7) is 8.82. The molecule has 0 spiro atoms. The van der Waals surface area contributed by atoms with Crippen molar-refractivity contribution >= 4 is 5.97 Å². The van der Waals surface area contributed by atoms with Crippen molar-refractivity contribution < 1.29 is 9.53 Å². The molecule has 2 heteroatoms. The molecule has 0 saturated heterocycles. The minimum Gasteiger partial charge on any atom is -0.459 e. The van der Waals surface area contributed by atoms with E-state index in [4.69, 9.17) is 4.74 Å². The van der Waals surface area contributed by atoms with Crippen molar-refractivity contribution in [3.63, 3.8) is 0 Å². The summed E-state index contributed by atoms with van der Waals surface area (Å²) in [5.74, 6) is 0.0308. The summed E-state index contributed by atoms with van der Waals surface area (Å²) in [6.07, 6.45) is 24.5. The molecule has 0 aliphatic carbocycles. The molecule has 0 heterocycles. The van der Waals surface area contributed by atoms with Gasteiger partial charge in [-0.3, -0.25) is 4.79 Å². The Labute approximate surface area is 177 Å². The van der Waals surface area contributed by atoms with Crippen LogP contribution in [0.4, 0.5) is 0 Å². The highest BCUT2D eigenvalue weighted by Gasteiger charge is 2.29. The first kappa shape index (κ1) is 27.5. The van der Waals surface area contributed by atoms with Crippen LogP contribution >= 0.6 is 0 Å². The fourth-order valence-corrected chi connectivity index (χ4v) is 4.08. The number of rotatable bonds is 21. The van der Waals surface area contributed by atoms with Gasteiger partial charge < -0.3 is 4.74 Å². The molecule has 2 nitrogen and oxygen atoms in total. The van der Waals surface area contributed by atoms with Crippen molar-refractivity contribution in [3.05, 3.63) is 0 Å². The highest BCUT2D eigenvalue weighted by Crippen LogP contribution is 2.28. The van der Waals surface area contributed by atoms with Crippen LogP contribution in [0.5, 0.6) is 0 Å². The fourth-order valence-electron chi connectivity index (χ4n) is 4.08. The maximum absolute atomic E-state index is 12.3. The molecule has 0 radical (unpaired) electrons. The summed E-state index contributed by atoms with van der Waals surface area (Å²) in [4.78, 5) is 12.3. The van der Waals surface area contributed by atoms with Gasteiger partial charge in [-0.1, -0.05) is 118 Å². The van der Waals surface area contributed by atoms with Gasteiger partial charge >= 0.3 is 5.97 Å². The van der Waals surface area contributed by atoms with Gasteiger partial charge in [0.1, 0.15) is 5.60 Å². The molecule has 0 amide bonds. The first-order valence-corrected chi connectivity index (χ1v) is 12.9. The third-order valence-electron chi connectivity index (χ3n) is 6.34. The predicted octanol–water partition coefficient (Wildman–Crippen LogP) is 9.15. The Hall–Kier alpha value is -0.530. The van der Waals surface area contributed by atoms with Crippen LogP contribution in [0.1, 0.15) is 156 Å². The molecule has 28 heavy (non-hydrogen) atoms. The fraction of sp³-hybridized carbons (Fsp3) is 0.962. The Morgan fingerprint density at radius 3 is 1.39 bits per heavy atom. The van der Waals surface area contributed by atoms with Crippen molar-refractivity contribution in [2.24, 2.45) is 0 Å². The van der Waals surface area contributed by atoms with E-state index in [0.29, 0.717) is 6.42 Å². The standard InChI is InChI=1S/C26H52O2/c1-5-9-11-12-13-14-15-16-17-18-19-20-21-23-25(27)28-26(7-3,8-4)24-22-10-6-2/h5-24H2,1-4H3. The van der Waals surface area contributed by atoms with E-state index in [1.807, 2.05) is 0 Å². The lowest BCUT2D eigenvalue weighted by molar-refractivity contribution is -0.162. The Morgan fingerprint density at radius 1 is 0.571 bits per heavy atom. The summed E-state index contributed by atoms with van der Waals surface area (Å²) in [5, 5.41) is 0. The quantitative estimate of drug-likeness (QED) is 0.143. The van der Waals surface area contributed by atoms with E-state index in [0.717, 1.165) is 25.7 Å². The smallest absolute Gasteiger partial charge is 0.306 e. The van der Waals surface area contributed by atoms with Crippen LogP contribution in [-0.2, 0) is 9.53 Å². The lowest BCUT2D eigenvalue weighted by Gasteiger charge is -2.31. The zero-order valence-electron chi connectivity index (χ0n) is 20.0. The Morgan fingerprint density at radius 2 is 0.964 bits per heavy atom. The third-order valence-corrected chi connectivity index (χ3v) is 6.34. The summed E-state index contributed by atoms with van der Waals surface area (Å²) in [7, 11) is 0. The molecule has 0 aromatic carbocycles. The molecule has 0 N–H and O–H groups in total. The maximum atomic E-state index is 12.3. The minimum atomic E-state index is -0.206. The van der Waals surface area contributed by atoms with Gasteiger partial charge in [-0.2, -0.15) is 0 Å². The first-order chi connectivity index (χ1) is 13.6. The molecule has 0 saturated carbocycles. The van der Waals surface area contributed by atoms with Crippen LogP contribution < -0.4 is 0 Å². The third kappa shape index (κ3) is 15.4. The molecule has 0 rings (SSSR count). The second-order valence-corrected chi connectivity index (χ2v) is 8.81. The van der Waals surface area contributed by atoms with Gasteiger partial charge in [0.15, 0.2) is 0 Å². The van der Waals surface area contributed by atoms with E-state index in [2.05, 4.69) is 27.7 Å². The average molecular weight is 397 g/mol. The van der Waals surface area contributed by atoms with E-state index in [1.165, 1.54) is 96.3 Å². The number of esters is 1. The number of carbonyl (C=O) groups excluding carboxylic acids is 1. The zero-order chi connectivity index (χ0) is 20.9. The summed E-state index contributed by atoms with van der Waals surface area (Å²) in [5.41, 5.74) is -0.206. The van der Waals surface area contributed by atoms with Crippen LogP contribution in [0.3, 0.4) is 0 Å². The van der Waals surface area contributed by atoms with Crippen molar-refractivity contribution in [2.75, 3.05) is 0 Å². The lowest BCUT2D eigenvalue weighted by Crippen LogP contribution is -2.33. The van der Waals surface area contributed by atoms with E-state index in [1.54, 1.807) is 0 Å². The van der Waals surface area contributed by atoms with Gasteiger partial charge in [0.05, 0.1) is 0 Å². The Kier molecular flexibility index (Phi) is 19.4. The molecule has 0 aromatic rings. The van der Waals surface area contributed by atoms with E-state index < -0.39 is 0 Å². The van der Waals surface area contributed by atoms with Crippen molar-refractivity contribution in [1.82, 2.24) is 0 Å². The topological polar surface area (TPSA) is 26.3 Å². The van der Waals surface area contributed by atoms with Crippen LogP contribution in [0.2, 0.25) is 0 Å². The highest BCUT2D eigenvalue weighted by atomic mass is 16.6. The Bertz CT molecular complexity index is 333. The molecule has 0 fully saturated rings. The number of ether oxygens (including phenoxy) is 1. The van der Waals surface area contributed by atoms with Gasteiger partial charge in [-0.15, -0.1) is 0 Å². The first-order valence-electron chi connectivity index (χ1n) is 12.9. The SMILES string of the molecule is CCCCCCCCCCCCCCCC(=O)OC(CC)(CC)CCCCC. The van der Waals surface area contributed by atoms with Gasteiger partial charge in [0.2, 0.25) is 0 Å². The molecular formula is C26H52O2. The largest absolute Gasteiger partial charge is 0.459 e. The molecule has 0 aliphatic heterocycles. The van der Waals surface area contributed by atoms with Crippen LogP contribution in [0.25, 0.3) is 0 Å². The maximum Gasteiger partial charge on any atom is 0.306 e. The molecule has 0 unspecified atom stereocenters. The monoisotopic (exact) mass is 396 g/mol. The normalized spacial score (nSPS) is 11.7. The molecule has 0 atom stereocenters. The highest BCUT2D eigenvalue weighted by molar-refractivity contribution is 5.69. The lowest BCUT2D eigenvalue weighted by atomic mass is 9.90. The van der Waals surface area contributed by atoms with Crippen LogP contribution in [0, 0.1) is 0 Å². The van der Waals surface area contributed by atoms with E-state index in [9.17, 15) is 4.79 Å². The Balaban J connectivity index is 3.62. The van der Waals surface area contributed by atoms with E-state index >= 15 is 0 Å². The van der Waals surface area contributed by atoms with Crippen LogP contribution in [-0.4, -0.2) is 11.6 Å². The molecular weight excluding hydrogens is 344 g/mol. The minimum absolute atomic E-state index is 0.0308. The van der Waals surface area contributed by atoms with Gasteiger partial charge in [-0.25, -0.2) is 0 Å². The second-order valence-electron chi connectivity index (χ2n) is 8.81. The zero-order valence-corrected chi connectivity index (χ0v) is 20.0. The number of hydrogen-bond donors (Lipinski definition) is 0. The van der Waals surface area contributed by atoms with Gasteiger partial charge in [0.25, 0.3) is 0 Å². The van der Waals surface area contributed by atoms with Gasteiger partial charge in [-0.05, 0) is 32.1 Å². The summed E-state index contributed by atoms with van der Waals surface area (Å²) >= 11 is 0.